The van der Waals surface area contributed by atoms with Crippen molar-refractivity contribution in [1.82, 2.24) is 9.97 Å². The van der Waals surface area contributed by atoms with Gasteiger partial charge in [0.1, 0.15) is 5.82 Å². The third-order valence-electron chi connectivity index (χ3n) is 3.98. The van der Waals surface area contributed by atoms with Gasteiger partial charge < -0.3 is 10.0 Å². The van der Waals surface area contributed by atoms with Crippen molar-refractivity contribution in [2.45, 2.75) is 19.0 Å². The summed E-state index contributed by atoms with van der Waals surface area (Å²) in [5.74, 6) is -2.28. The Labute approximate surface area is 129 Å². The monoisotopic (exact) mass is 325 g/mol. The van der Waals surface area contributed by atoms with Gasteiger partial charge in [-0.1, -0.05) is 12.1 Å². The fourth-order valence-electron chi connectivity index (χ4n) is 2.77. The first-order valence-corrected chi connectivity index (χ1v) is 7.18. The van der Waals surface area contributed by atoms with Crippen LogP contribution in [0.1, 0.15) is 18.7 Å². The van der Waals surface area contributed by atoms with Crippen LogP contribution in [0.15, 0.2) is 24.3 Å². The van der Waals surface area contributed by atoms with Crippen molar-refractivity contribution in [3.05, 3.63) is 30.1 Å². The van der Waals surface area contributed by atoms with E-state index in [-0.39, 0.29) is 11.3 Å². The molecule has 1 aliphatic heterocycles. The van der Waals surface area contributed by atoms with E-state index in [2.05, 4.69) is 9.97 Å². The smallest absolute Gasteiger partial charge is 0.451 e. The Bertz CT molecular complexity index is 740. The Balaban J connectivity index is 2.01. The minimum absolute atomic E-state index is 0.215. The molecule has 2 aromatic rings. The van der Waals surface area contributed by atoms with Crippen LogP contribution in [-0.2, 0) is 11.0 Å². The van der Waals surface area contributed by atoms with Crippen LogP contribution in [0.2, 0.25) is 0 Å². The quantitative estimate of drug-likeness (QED) is 0.919. The van der Waals surface area contributed by atoms with Gasteiger partial charge in [-0.3, -0.25) is 4.79 Å². The molecule has 0 radical (unpaired) electrons. The zero-order chi connectivity index (χ0) is 16.6. The topological polar surface area (TPSA) is 66.3 Å². The zero-order valence-electron chi connectivity index (χ0n) is 12.0. The number of aromatic nitrogens is 2. The molecule has 0 saturated carbocycles. The highest BCUT2D eigenvalue weighted by molar-refractivity contribution is 5.89. The van der Waals surface area contributed by atoms with Crippen LogP contribution in [0.5, 0.6) is 0 Å². The molecule has 1 aliphatic rings. The Hall–Kier alpha value is -2.38. The molecule has 0 bridgehead atoms. The first-order chi connectivity index (χ1) is 10.9. The van der Waals surface area contributed by atoms with Crippen molar-refractivity contribution in [2.24, 2.45) is 5.92 Å². The van der Waals surface area contributed by atoms with Crippen molar-refractivity contribution in [2.75, 3.05) is 18.0 Å². The van der Waals surface area contributed by atoms with Crippen LogP contribution in [0.3, 0.4) is 0 Å². The van der Waals surface area contributed by atoms with Crippen LogP contribution in [0.25, 0.3) is 10.9 Å². The van der Waals surface area contributed by atoms with Gasteiger partial charge in [0.05, 0.1) is 11.4 Å². The SMILES string of the molecule is O=C(O)C1CCN(c2nc(C(F)(F)F)nc3ccccc23)CC1. The molecule has 2 heterocycles. The summed E-state index contributed by atoms with van der Waals surface area (Å²) < 4.78 is 39.0. The first-order valence-electron chi connectivity index (χ1n) is 7.18. The number of rotatable bonds is 2. The second-order valence-corrected chi connectivity index (χ2v) is 5.49. The number of aliphatic carboxylic acids is 1. The summed E-state index contributed by atoms with van der Waals surface area (Å²) in [6.45, 7) is 0.713. The van der Waals surface area contributed by atoms with E-state index >= 15 is 0 Å². The Morgan fingerprint density at radius 1 is 1.17 bits per heavy atom. The maximum atomic E-state index is 13.0. The second kappa shape index (κ2) is 5.68. The molecule has 0 atom stereocenters. The van der Waals surface area contributed by atoms with E-state index < -0.39 is 23.9 Å². The Kier molecular flexibility index (Phi) is 3.83. The molecule has 3 rings (SSSR count). The molecule has 23 heavy (non-hydrogen) atoms. The molecular weight excluding hydrogens is 311 g/mol. The van der Waals surface area contributed by atoms with Crippen molar-refractivity contribution in [1.29, 1.82) is 0 Å². The number of carboxylic acids is 1. The summed E-state index contributed by atoms with van der Waals surface area (Å²) in [6, 6.07) is 6.52. The highest BCUT2D eigenvalue weighted by atomic mass is 19.4. The van der Waals surface area contributed by atoms with Crippen LogP contribution in [0.4, 0.5) is 19.0 Å². The molecule has 5 nitrogen and oxygen atoms in total. The second-order valence-electron chi connectivity index (χ2n) is 5.49. The van der Waals surface area contributed by atoms with Crippen molar-refractivity contribution in [3.63, 3.8) is 0 Å². The number of carboxylic acid groups (broad SMARTS) is 1. The number of piperidine rings is 1. The van der Waals surface area contributed by atoms with Crippen LogP contribution >= 0.6 is 0 Å². The van der Waals surface area contributed by atoms with Gasteiger partial charge in [-0.15, -0.1) is 0 Å². The van der Waals surface area contributed by atoms with Gasteiger partial charge >= 0.3 is 12.1 Å². The molecule has 1 aromatic heterocycles. The van der Waals surface area contributed by atoms with Gasteiger partial charge in [0.15, 0.2) is 0 Å². The molecule has 122 valence electrons. The Morgan fingerprint density at radius 2 is 1.83 bits per heavy atom. The molecule has 0 spiro atoms. The molecule has 1 fully saturated rings. The third-order valence-corrected chi connectivity index (χ3v) is 3.98. The summed E-state index contributed by atoms with van der Waals surface area (Å²) in [6.07, 6.45) is -3.86. The van der Waals surface area contributed by atoms with Gasteiger partial charge in [-0.2, -0.15) is 13.2 Å². The van der Waals surface area contributed by atoms with Gasteiger partial charge in [-0.25, -0.2) is 9.97 Å². The lowest BCUT2D eigenvalue weighted by Crippen LogP contribution is -2.37. The predicted octanol–water partition coefficient (Wildman–Crippen LogP) is 2.95. The van der Waals surface area contributed by atoms with Gasteiger partial charge in [0.2, 0.25) is 5.82 Å². The van der Waals surface area contributed by atoms with Crippen LogP contribution in [0, 0.1) is 5.92 Å². The van der Waals surface area contributed by atoms with Crippen LogP contribution < -0.4 is 4.90 Å². The number of fused-ring (bicyclic) bond motifs is 1. The summed E-state index contributed by atoms with van der Waals surface area (Å²) in [7, 11) is 0. The van der Waals surface area contributed by atoms with E-state index in [1.165, 1.54) is 6.07 Å². The van der Waals surface area contributed by atoms with Crippen molar-refractivity contribution in [3.8, 4) is 0 Å². The third kappa shape index (κ3) is 3.06. The molecule has 0 amide bonds. The van der Waals surface area contributed by atoms with Crippen molar-refractivity contribution >= 4 is 22.7 Å². The molecule has 1 N–H and O–H groups in total. The maximum Gasteiger partial charge on any atom is 0.451 e. The Morgan fingerprint density at radius 3 is 2.43 bits per heavy atom. The number of halogens is 3. The number of nitrogens with zero attached hydrogens (tertiary/aromatic N) is 3. The number of anilines is 1. The van der Waals surface area contributed by atoms with Gasteiger partial charge in [0.25, 0.3) is 0 Å². The minimum Gasteiger partial charge on any atom is -0.481 e. The largest absolute Gasteiger partial charge is 0.481 e. The van der Waals surface area contributed by atoms with E-state index in [1.54, 1.807) is 23.1 Å². The lowest BCUT2D eigenvalue weighted by atomic mass is 9.97. The normalized spacial score (nSPS) is 16.7. The lowest BCUT2D eigenvalue weighted by molar-refractivity contribution is -0.144. The molecular formula is C15H14F3N3O2. The van der Waals surface area contributed by atoms with E-state index in [1.807, 2.05) is 0 Å². The molecule has 1 aromatic carbocycles. The fourth-order valence-corrected chi connectivity index (χ4v) is 2.77. The summed E-state index contributed by atoms with van der Waals surface area (Å²) in [4.78, 5) is 20.0. The lowest BCUT2D eigenvalue weighted by Gasteiger charge is -2.31. The summed E-state index contributed by atoms with van der Waals surface area (Å²) in [5, 5.41) is 9.56. The highest BCUT2D eigenvalue weighted by Crippen LogP contribution is 2.33. The highest BCUT2D eigenvalue weighted by Gasteiger charge is 2.36. The van der Waals surface area contributed by atoms with Crippen molar-refractivity contribution < 1.29 is 23.1 Å². The van der Waals surface area contributed by atoms with Crippen LogP contribution in [-0.4, -0.2) is 34.1 Å². The first kappa shape index (κ1) is 15.5. The number of hydrogen-bond donors (Lipinski definition) is 1. The average molecular weight is 325 g/mol. The number of carbonyl (C=O) groups is 1. The number of hydrogen-bond acceptors (Lipinski definition) is 4. The standard InChI is InChI=1S/C15H14F3N3O2/c16-15(17,18)14-19-11-4-2-1-3-10(11)12(20-14)21-7-5-9(6-8-21)13(22)23/h1-4,9H,5-8H2,(H,22,23). The van der Waals surface area contributed by atoms with E-state index in [4.69, 9.17) is 5.11 Å². The van der Waals surface area contributed by atoms with Gasteiger partial charge in [-0.05, 0) is 25.0 Å². The summed E-state index contributed by atoms with van der Waals surface area (Å²) in [5.41, 5.74) is 0.227. The fraction of sp³-hybridized carbons (Fsp3) is 0.400. The van der Waals surface area contributed by atoms with E-state index in [0.717, 1.165) is 0 Å². The summed E-state index contributed by atoms with van der Waals surface area (Å²) >= 11 is 0. The zero-order valence-corrected chi connectivity index (χ0v) is 12.0. The number of benzene rings is 1. The number of alkyl halides is 3. The molecule has 1 saturated heterocycles. The van der Waals surface area contributed by atoms with E-state index in [9.17, 15) is 18.0 Å². The maximum absolute atomic E-state index is 13.0. The molecule has 8 heteroatoms. The number of para-hydroxylation sites is 1. The molecule has 0 aliphatic carbocycles. The van der Waals surface area contributed by atoms with E-state index in [0.29, 0.717) is 31.3 Å². The minimum atomic E-state index is -4.63. The average Bonchev–Trinajstić information content (AvgIpc) is 2.53. The predicted molar refractivity (Wildman–Crippen MR) is 77.1 cm³/mol. The van der Waals surface area contributed by atoms with Gasteiger partial charge in [0, 0.05) is 18.5 Å². The molecule has 0 unspecified atom stereocenters.